The molecule has 2 aromatic rings. The minimum absolute atomic E-state index is 0.177. The van der Waals surface area contributed by atoms with Gasteiger partial charge in [-0.05, 0) is 43.5 Å². The number of carbonyl (C=O) groups excluding carboxylic acids is 1. The molecule has 1 N–H and O–H groups in total. The van der Waals surface area contributed by atoms with Crippen molar-refractivity contribution in [2.75, 3.05) is 37.6 Å². The highest BCUT2D eigenvalue weighted by atomic mass is 16.2. The molecule has 0 radical (unpaired) electrons. The van der Waals surface area contributed by atoms with Gasteiger partial charge in [0.15, 0.2) is 0 Å². The summed E-state index contributed by atoms with van der Waals surface area (Å²) in [5.74, 6) is 0.188. The molecule has 0 saturated carbocycles. The van der Waals surface area contributed by atoms with Crippen molar-refractivity contribution < 1.29 is 4.79 Å². The summed E-state index contributed by atoms with van der Waals surface area (Å²) in [6, 6.07) is 16.9. The third-order valence-corrected chi connectivity index (χ3v) is 5.41. The Hall–Kier alpha value is -2.33. The molecular weight excluding hydrogens is 322 g/mol. The van der Waals surface area contributed by atoms with Gasteiger partial charge in [0.05, 0.1) is 6.54 Å². The molecule has 4 nitrogen and oxygen atoms in total. The molecule has 0 aliphatic carbocycles. The fourth-order valence-corrected chi connectivity index (χ4v) is 3.49. The van der Waals surface area contributed by atoms with Gasteiger partial charge >= 0.3 is 0 Å². The number of nitrogens with zero attached hydrogens (tertiary/aromatic N) is 2. The summed E-state index contributed by atoms with van der Waals surface area (Å²) >= 11 is 0. The fourth-order valence-electron chi connectivity index (χ4n) is 3.49. The molecule has 0 bridgehead atoms. The van der Waals surface area contributed by atoms with E-state index in [-0.39, 0.29) is 11.9 Å². The summed E-state index contributed by atoms with van der Waals surface area (Å²) in [6.07, 6.45) is 0. The number of amides is 1. The molecule has 0 aromatic heterocycles. The second-order valence-corrected chi connectivity index (χ2v) is 7.10. The first-order chi connectivity index (χ1) is 12.6. The van der Waals surface area contributed by atoms with Crippen LogP contribution in [0.25, 0.3) is 0 Å². The maximum absolute atomic E-state index is 12.5. The Morgan fingerprint density at radius 1 is 1.00 bits per heavy atom. The van der Waals surface area contributed by atoms with E-state index in [1.54, 1.807) is 0 Å². The number of anilines is 1. The Balaban J connectivity index is 1.50. The third-order valence-electron chi connectivity index (χ3n) is 5.41. The topological polar surface area (TPSA) is 35.6 Å². The summed E-state index contributed by atoms with van der Waals surface area (Å²) < 4.78 is 0. The molecule has 1 aliphatic heterocycles. The van der Waals surface area contributed by atoms with Gasteiger partial charge in [0.1, 0.15) is 0 Å². The lowest BCUT2D eigenvalue weighted by Gasteiger charge is -2.37. The minimum atomic E-state index is 0.177. The van der Waals surface area contributed by atoms with Gasteiger partial charge in [-0.25, -0.2) is 0 Å². The van der Waals surface area contributed by atoms with E-state index in [1.165, 1.54) is 22.4 Å². The van der Waals surface area contributed by atoms with E-state index in [2.05, 4.69) is 61.3 Å². The number of nitrogens with one attached hydrogen (secondary N) is 1. The summed E-state index contributed by atoms with van der Waals surface area (Å²) in [5, 5.41) is 3.35. The van der Waals surface area contributed by atoms with Crippen LogP contribution in [0.2, 0.25) is 0 Å². The second-order valence-electron chi connectivity index (χ2n) is 7.10. The zero-order valence-electron chi connectivity index (χ0n) is 16.0. The van der Waals surface area contributed by atoms with E-state index in [0.717, 1.165) is 26.2 Å². The SMILES string of the molecule is Cc1cccc(N2CCN(C(=O)CN[C@@H](C)c3ccccc3)CC2)c1C. The zero-order valence-corrected chi connectivity index (χ0v) is 16.0. The predicted molar refractivity (Wildman–Crippen MR) is 108 cm³/mol. The van der Waals surface area contributed by atoms with Crippen molar-refractivity contribution in [2.45, 2.75) is 26.8 Å². The summed E-state index contributed by atoms with van der Waals surface area (Å²) in [7, 11) is 0. The lowest BCUT2D eigenvalue weighted by molar-refractivity contribution is -0.130. The Labute approximate surface area is 156 Å². The maximum Gasteiger partial charge on any atom is 0.236 e. The highest BCUT2D eigenvalue weighted by molar-refractivity contribution is 5.78. The molecule has 26 heavy (non-hydrogen) atoms. The molecule has 0 spiro atoms. The Kier molecular flexibility index (Phi) is 5.94. The van der Waals surface area contributed by atoms with Gasteiger partial charge in [-0.2, -0.15) is 0 Å². The van der Waals surface area contributed by atoms with Gasteiger partial charge in [0.2, 0.25) is 5.91 Å². The van der Waals surface area contributed by atoms with Crippen molar-refractivity contribution in [3.05, 3.63) is 65.2 Å². The molecule has 1 atom stereocenters. The largest absolute Gasteiger partial charge is 0.368 e. The second kappa shape index (κ2) is 8.37. The number of aryl methyl sites for hydroxylation is 1. The molecule has 1 amide bonds. The van der Waals surface area contributed by atoms with Crippen molar-refractivity contribution in [1.29, 1.82) is 0 Å². The third kappa shape index (κ3) is 4.25. The molecule has 4 heteroatoms. The van der Waals surface area contributed by atoms with Crippen LogP contribution >= 0.6 is 0 Å². The van der Waals surface area contributed by atoms with Crippen LogP contribution in [0.4, 0.5) is 5.69 Å². The summed E-state index contributed by atoms with van der Waals surface area (Å²) in [4.78, 5) is 16.9. The average Bonchev–Trinajstić information content (AvgIpc) is 2.69. The number of hydrogen-bond donors (Lipinski definition) is 1. The van der Waals surface area contributed by atoms with Crippen LogP contribution in [0.1, 0.15) is 29.7 Å². The van der Waals surface area contributed by atoms with Gasteiger partial charge in [-0.15, -0.1) is 0 Å². The predicted octanol–water partition coefficient (Wildman–Crippen LogP) is 3.30. The molecular formula is C22H29N3O. The first-order valence-corrected chi connectivity index (χ1v) is 9.43. The summed E-state index contributed by atoms with van der Waals surface area (Å²) in [5.41, 5.74) is 5.17. The maximum atomic E-state index is 12.5. The summed E-state index contributed by atoms with van der Waals surface area (Å²) in [6.45, 7) is 10.2. The Morgan fingerprint density at radius 3 is 2.38 bits per heavy atom. The zero-order chi connectivity index (χ0) is 18.5. The lowest BCUT2D eigenvalue weighted by Crippen LogP contribution is -2.51. The van der Waals surface area contributed by atoms with Crippen molar-refractivity contribution >= 4 is 11.6 Å². The fraction of sp³-hybridized carbons (Fsp3) is 0.409. The van der Waals surface area contributed by atoms with E-state index in [1.807, 2.05) is 23.1 Å². The van der Waals surface area contributed by atoms with Gasteiger partial charge in [0.25, 0.3) is 0 Å². The lowest BCUT2D eigenvalue weighted by atomic mass is 10.1. The van der Waals surface area contributed by atoms with Crippen LogP contribution in [0.3, 0.4) is 0 Å². The Morgan fingerprint density at radius 2 is 1.69 bits per heavy atom. The molecule has 1 fully saturated rings. The molecule has 138 valence electrons. The van der Waals surface area contributed by atoms with Crippen molar-refractivity contribution in [2.24, 2.45) is 0 Å². The normalized spacial score (nSPS) is 15.8. The van der Waals surface area contributed by atoms with E-state index in [4.69, 9.17) is 0 Å². The van der Waals surface area contributed by atoms with E-state index >= 15 is 0 Å². The average molecular weight is 351 g/mol. The number of rotatable bonds is 5. The molecule has 1 saturated heterocycles. The molecule has 1 heterocycles. The number of carbonyl (C=O) groups is 1. The first kappa shape index (κ1) is 18.5. The van der Waals surface area contributed by atoms with Gasteiger partial charge in [0, 0.05) is 37.9 Å². The van der Waals surface area contributed by atoms with Crippen molar-refractivity contribution in [1.82, 2.24) is 10.2 Å². The van der Waals surface area contributed by atoms with Gasteiger partial charge in [-0.3, -0.25) is 4.79 Å². The van der Waals surface area contributed by atoms with E-state index < -0.39 is 0 Å². The molecule has 1 aliphatic rings. The highest BCUT2D eigenvalue weighted by Gasteiger charge is 2.22. The Bertz CT molecular complexity index is 736. The quantitative estimate of drug-likeness (QED) is 0.898. The van der Waals surface area contributed by atoms with Crippen molar-refractivity contribution in [3.8, 4) is 0 Å². The smallest absolute Gasteiger partial charge is 0.236 e. The van der Waals surface area contributed by atoms with Crippen LogP contribution in [-0.2, 0) is 4.79 Å². The number of hydrogen-bond acceptors (Lipinski definition) is 3. The minimum Gasteiger partial charge on any atom is -0.368 e. The molecule has 0 unspecified atom stereocenters. The standard InChI is InChI=1S/C22H29N3O/c1-17-8-7-11-21(18(17)2)24-12-14-25(15-13-24)22(26)16-23-19(3)20-9-5-4-6-10-20/h4-11,19,23H,12-16H2,1-3H3/t19-/m0/s1. The highest BCUT2D eigenvalue weighted by Crippen LogP contribution is 2.23. The van der Waals surface area contributed by atoms with Crippen LogP contribution < -0.4 is 10.2 Å². The van der Waals surface area contributed by atoms with Crippen LogP contribution in [0.15, 0.2) is 48.5 Å². The first-order valence-electron chi connectivity index (χ1n) is 9.43. The van der Waals surface area contributed by atoms with Crippen molar-refractivity contribution in [3.63, 3.8) is 0 Å². The van der Waals surface area contributed by atoms with E-state index in [9.17, 15) is 4.79 Å². The monoisotopic (exact) mass is 351 g/mol. The molecule has 3 rings (SSSR count). The van der Waals surface area contributed by atoms with Gasteiger partial charge in [-0.1, -0.05) is 42.5 Å². The van der Waals surface area contributed by atoms with Crippen LogP contribution in [-0.4, -0.2) is 43.5 Å². The van der Waals surface area contributed by atoms with E-state index in [0.29, 0.717) is 6.54 Å². The van der Waals surface area contributed by atoms with Gasteiger partial charge < -0.3 is 15.1 Å². The van der Waals surface area contributed by atoms with Crippen LogP contribution in [0.5, 0.6) is 0 Å². The van der Waals surface area contributed by atoms with Crippen LogP contribution in [0, 0.1) is 13.8 Å². The molecule has 2 aromatic carbocycles. The number of piperazine rings is 1. The number of benzene rings is 2.